The third kappa shape index (κ3) is 6.96. The number of amides is 1. The maximum Gasteiger partial charge on any atom is 0.250 e. The van der Waals surface area contributed by atoms with Gasteiger partial charge in [-0.1, -0.05) is 96.6 Å². The first-order valence-corrected chi connectivity index (χ1v) is 13.1. The number of allylic oxidation sites excluding steroid dienone is 2. The summed E-state index contributed by atoms with van der Waals surface area (Å²) in [5.74, 6) is 0.125. The minimum absolute atomic E-state index is 0.125. The van der Waals surface area contributed by atoms with Crippen molar-refractivity contribution in [3.05, 3.63) is 123 Å². The molecule has 1 aliphatic rings. The third-order valence-corrected chi connectivity index (χ3v) is 7.27. The van der Waals surface area contributed by atoms with E-state index in [-0.39, 0.29) is 5.91 Å². The van der Waals surface area contributed by atoms with Crippen molar-refractivity contribution in [2.24, 2.45) is 0 Å². The van der Waals surface area contributed by atoms with E-state index in [1.807, 2.05) is 59.5 Å². The number of hydrogen-bond acceptors (Lipinski definition) is 2. The highest BCUT2D eigenvalue weighted by Gasteiger charge is 2.22. The summed E-state index contributed by atoms with van der Waals surface area (Å²) >= 11 is 6.32. The molecule has 4 rings (SSSR count). The molecule has 0 unspecified atom stereocenters. The molecule has 1 aliphatic heterocycles. The summed E-state index contributed by atoms with van der Waals surface area (Å²) in [5, 5.41) is 0.704. The average Bonchev–Trinajstić information content (AvgIpc) is 3.12. The first-order valence-electron chi connectivity index (χ1n) is 12.7. The maximum atomic E-state index is 13.8. The topological polar surface area (TPSA) is 23.6 Å². The molecular weight excluding hydrogens is 464 g/mol. The van der Waals surface area contributed by atoms with Gasteiger partial charge in [-0.15, -0.1) is 0 Å². The van der Waals surface area contributed by atoms with Crippen LogP contribution >= 0.6 is 11.6 Å². The SMILES string of the molecule is Cc1ccccc1CC(=CC=Cc1ccccc1Cl)C(=O)N1CCCN(Cc2ccccc2C)CC1. The van der Waals surface area contributed by atoms with Crippen molar-refractivity contribution in [2.75, 3.05) is 26.2 Å². The van der Waals surface area contributed by atoms with E-state index in [1.54, 1.807) is 0 Å². The third-order valence-electron chi connectivity index (χ3n) is 6.93. The van der Waals surface area contributed by atoms with Crippen LogP contribution < -0.4 is 0 Å². The van der Waals surface area contributed by atoms with Gasteiger partial charge in [0.1, 0.15) is 0 Å². The van der Waals surface area contributed by atoms with Crippen LogP contribution in [0.4, 0.5) is 0 Å². The Bertz CT molecular complexity index is 1250. The van der Waals surface area contributed by atoms with Crippen molar-refractivity contribution in [2.45, 2.75) is 33.2 Å². The molecule has 0 spiro atoms. The highest BCUT2D eigenvalue weighted by atomic mass is 35.5. The summed E-state index contributed by atoms with van der Waals surface area (Å²) in [4.78, 5) is 18.3. The van der Waals surface area contributed by atoms with Crippen LogP contribution in [0.25, 0.3) is 6.08 Å². The second-order valence-electron chi connectivity index (χ2n) is 9.52. The zero-order valence-corrected chi connectivity index (χ0v) is 22.0. The van der Waals surface area contributed by atoms with E-state index in [0.29, 0.717) is 11.4 Å². The maximum absolute atomic E-state index is 13.8. The van der Waals surface area contributed by atoms with Crippen LogP contribution in [0, 0.1) is 13.8 Å². The molecule has 0 saturated carbocycles. The molecule has 3 aromatic carbocycles. The van der Waals surface area contributed by atoms with Gasteiger partial charge in [0.2, 0.25) is 5.91 Å². The number of halogens is 1. The minimum Gasteiger partial charge on any atom is -0.338 e. The lowest BCUT2D eigenvalue weighted by atomic mass is 9.99. The molecule has 0 radical (unpaired) electrons. The van der Waals surface area contributed by atoms with Crippen molar-refractivity contribution < 1.29 is 4.79 Å². The molecular formula is C32H35ClN2O. The van der Waals surface area contributed by atoms with Crippen molar-refractivity contribution in [1.82, 2.24) is 9.80 Å². The average molecular weight is 499 g/mol. The van der Waals surface area contributed by atoms with Gasteiger partial charge in [-0.05, 0) is 54.2 Å². The normalized spacial score (nSPS) is 15.3. The largest absolute Gasteiger partial charge is 0.338 e. The summed E-state index contributed by atoms with van der Waals surface area (Å²) in [7, 11) is 0. The first kappa shape index (κ1) is 25.9. The van der Waals surface area contributed by atoms with Gasteiger partial charge in [0.25, 0.3) is 0 Å². The summed E-state index contributed by atoms with van der Waals surface area (Å²) in [6, 6.07) is 24.6. The van der Waals surface area contributed by atoms with Crippen LogP contribution in [0.15, 0.2) is 90.5 Å². The fourth-order valence-corrected chi connectivity index (χ4v) is 4.86. The van der Waals surface area contributed by atoms with Crippen LogP contribution in [-0.4, -0.2) is 41.9 Å². The fourth-order valence-electron chi connectivity index (χ4n) is 4.66. The van der Waals surface area contributed by atoms with Gasteiger partial charge in [-0.25, -0.2) is 0 Å². The number of aryl methyl sites for hydroxylation is 2. The molecule has 3 aromatic rings. The Balaban J connectivity index is 1.50. The van der Waals surface area contributed by atoms with E-state index in [1.165, 1.54) is 22.3 Å². The van der Waals surface area contributed by atoms with Crippen molar-refractivity contribution in [3.63, 3.8) is 0 Å². The van der Waals surface area contributed by atoms with Gasteiger partial charge in [0.15, 0.2) is 0 Å². The second-order valence-corrected chi connectivity index (χ2v) is 9.93. The molecule has 0 atom stereocenters. The second kappa shape index (κ2) is 12.7. The van der Waals surface area contributed by atoms with E-state index in [9.17, 15) is 4.79 Å². The van der Waals surface area contributed by atoms with Crippen LogP contribution in [0.3, 0.4) is 0 Å². The van der Waals surface area contributed by atoms with E-state index >= 15 is 0 Å². The standard InChI is InChI=1S/C32H35ClN2O/c1-25-11-3-5-14-28(25)23-29(17-9-16-27-13-7-8-18-31(27)33)32(36)35-20-10-19-34(21-22-35)24-30-15-6-4-12-26(30)2/h3-9,11-18H,10,19-24H2,1-2H3. The molecule has 1 heterocycles. The molecule has 0 N–H and O–H groups in total. The lowest BCUT2D eigenvalue weighted by Gasteiger charge is -2.24. The van der Waals surface area contributed by atoms with Gasteiger partial charge >= 0.3 is 0 Å². The Kier molecular flexibility index (Phi) is 9.16. The summed E-state index contributed by atoms with van der Waals surface area (Å²) in [6.07, 6.45) is 7.48. The number of benzene rings is 3. The molecule has 4 heteroatoms. The van der Waals surface area contributed by atoms with Crippen molar-refractivity contribution >= 4 is 23.6 Å². The van der Waals surface area contributed by atoms with Crippen molar-refractivity contribution in [3.8, 4) is 0 Å². The van der Waals surface area contributed by atoms with Crippen LogP contribution in [0.5, 0.6) is 0 Å². The fraction of sp³-hybridized carbons (Fsp3) is 0.281. The van der Waals surface area contributed by atoms with Crippen LogP contribution in [0.1, 0.15) is 34.2 Å². The Morgan fingerprint density at radius 2 is 1.50 bits per heavy atom. The monoisotopic (exact) mass is 498 g/mol. The summed E-state index contributed by atoms with van der Waals surface area (Å²) in [6.45, 7) is 8.61. The predicted octanol–water partition coefficient (Wildman–Crippen LogP) is 6.87. The van der Waals surface area contributed by atoms with E-state index in [0.717, 1.165) is 50.3 Å². The number of hydrogen-bond donors (Lipinski definition) is 0. The highest BCUT2D eigenvalue weighted by Crippen LogP contribution is 2.20. The Morgan fingerprint density at radius 1 is 0.833 bits per heavy atom. The Hall–Kier alpha value is -3.14. The van der Waals surface area contributed by atoms with E-state index < -0.39 is 0 Å². The summed E-state index contributed by atoms with van der Waals surface area (Å²) in [5.41, 5.74) is 6.82. The number of carbonyl (C=O) groups is 1. The van der Waals surface area contributed by atoms with Gasteiger partial charge in [0, 0.05) is 49.7 Å². The zero-order valence-electron chi connectivity index (χ0n) is 21.3. The number of nitrogens with zero attached hydrogens (tertiary/aromatic N) is 2. The quantitative estimate of drug-likeness (QED) is 0.262. The molecule has 36 heavy (non-hydrogen) atoms. The number of rotatable bonds is 7. The molecule has 0 bridgehead atoms. The lowest BCUT2D eigenvalue weighted by molar-refractivity contribution is -0.127. The number of carbonyl (C=O) groups excluding carboxylic acids is 1. The molecule has 1 saturated heterocycles. The molecule has 1 amide bonds. The first-order chi connectivity index (χ1) is 17.5. The highest BCUT2D eigenvalue weighted by molar-refractivity contribution is 6.32. The van der Waals surface area contributed by atoms with Crippen LogP contribution in [-0.2, 0) is 17.8 Å². The van der Waals surface area contributed by atoms with Gasteiger partial charge in [-0.3, -0.25) is 9.69 Å². The van der Waals surface area contributed by atoms with Gasteiger partial charge in [0.05, 0.1) is 0 Å². The zero-order chi connectivity index (χ0) is 25.3. The van der Waals surface area contributed by atoms with Crippen molar-refractivity contribution in [1.29, 1.82) is 0 Å². The lowest BCUT2D eigenvalue weighted by Crippen LogP contribution is -2.36. The molecule has 0 aliphatic carbocycles. The predicted molar refractivity (Wildman–Crippen MR) is 151 cm³/mol. The van der Waals surface area contributed by atoms with E-state index in [4.69, 9.17) is 11.6 Å². The molecule has 1 fully saturated rings. The Labute approximate surface area is 220 Å². The minimum atomic E-state index is 0.125. The van der Waals surface area contributed by atoms with Crippen LogP contribution in [0.2, 0.25) is 5.02 Å². The molecule has 186 valence electrons. The molecule has 3 nitrogen and oxygen atoms in total. The molecule has 0 aromatic heterocycles. The van der Waals surface area contributed by atoms with Gasteiger partial charge < -0.3 is 4.90 Å². The smallest absolute Gasteiger partial charge is 0.250 e. The van der Waals surface area contributed by atoms with E-state index in [2.05, 4.69) is 55.1 Å². The Morgan fingerprint density at radius 3 is 2.22 bits per heavy atom. The van der Waals surface area contributed by atoms with Gasteiger partial charge in [-0.2, -0.15) is 0 Å². The summed E-state index contributed by atoms with van der Waals surface area (Å²) < 4.78 is 0.